The van der Waals surface area contributed by atoms with Crippen molar-refractivity contribution in [3.63, 3.8) is 0 Å². The lowest BCUT2D eigenvalue weighted by molar-refractivity contribution is -0.384. The summed E-state index contributed by atoms with van der Waals surface area (Å²) in [5.41, 5.74) is 0.940. The third-order valence-corrected chi connectivity index (χ3v) is 3.44. The number of non-ortho nitro benzene ring substituents is 1. The summed E-state index contributed by atoms with van der Waals surface area (Å²) >= 11 is 3.33. The summed E-state index contributed by atoms with van der Waals surface area (Å²) in [5, 5.41) is 21.4. The van der Waals surface area contributed by atoms with Gasteiger partial charge in [0.05, 0.1) is 4.92 Å². The van der Waals surface area contributed by atoms with Crippen molar-refractivity contribution in [2.75, 3.05) is 11.9 Å². The quantitative estimate of drug-likeness (QED) is 0.476. The van der Waals surface area contributed by atoms with Gasteiger partial charge in [-0.2, -0.15) is 0 Å². The van der Waals surface area contributed by atoms with Crippen molar-refractivity contribution in [1.29, 1.82) is 0 Å². The number of aromatic nitrogens is 3. The van der Waals surface area contributed by atoms with Crippen LogP contribution in [-0.2, 0) is 6.54 Å². The molecule has 0 bridgehead atoms. The van der Waals surface area contributed by atoms with E-state index in [0.717, 1.165) is 31.6 Å². The topological polar surface area (TPSA) is 85.9 Å². The van der Waals surface area contributed by atoms with Crippen LogP contribution in [0.5, 0.6) is 0 Å². The average Bonchev–Trinajstić information content (AvgIpc) is 2.93. The highest BCUT2D eigenvalue weighted by atomic mass is 79.9. The molecule has 20 heavy (non-hydrogen) atoms. The van der Waals surface area contributed by atoms with Gasteiger partial charge in [-0.3, -0.25) is 10.1 Å². The van der Waals surface area contributed by atoms with E-state index in [1.165, 1.54) is 12.1 Å². The Labute approximate surface area is 124 Å². The normalized spacial score (nSPS) is 10.4. The van der Waals surface area contributed by atoms with Crippen LogP contribution in [0.4, 0.5) is 11.4 Å². The van der Waals surface area contributed by atoms with E-state index in [0.29, 0.717) is 4.47 Å². The first-order valence-corrected chi connectivity index (χ1v) is 6.96. The van der Waals surface area contributed by atoms with Crippen LogP contribution in [0.15, 0.2) is 35.3 Å². The lowest BCUT2D eigenvalue weighted by Gasteiger charge is -2.08. The number of unbranched alkanes of at least 4 members (excludes halogenated alkanes) is 1. The molecule has 0 atom stereocenters. The summed E-state index contributed by atoms with van der Waals surface area (Å²) in [4.78, 5) is 10.2. The first-order chi connectivity index (χ1) is 9.66. The number of nitro groups is 1. The molecule has 0 amide bonds. The second-order valence-corrected chi connectivity index (χ2v) is 5.11. The summed E-state index contributed by atoms with van der Waals surface area (Å²) in [6.45, 7) is 1.69. The summed E-state index contributed by atoms with van der Waals surface area (Å²) in [6, 6.07) is 4.70. The fraction of sp³-hybridized carbons (Fsp3) is 0.333. The van der Waals surface area contributed by atoms with E-state index in [-0.39, 0.29) is 5.69 Å². The van der Waals surface area contributed by atoms with Crippen molar-refractivity contribution in [3.05, 3.63) is 45.4 Å². The van der Waals surface area contributed by atoms with Crippen LogP contribution in [0.25, 0.3) is 0 Å². The molecule has 7 nitrogen and oxygen atoms in total. The van der Waals surface area contributed by atoms with Crippen LogP contribution >= 0.6 is 15.9 Å². The second-order valence-electron chi connectivity index (χ2n) is 4.25. The van der Waals surface area contributed by atoms with Gasteiger partial charge in [-0.15, -0.1) is 10.2 Å². The highest BCUT2D eigenvalue weighted by Crippen LogP contribution is 2.26. The van der Waals surface area contributed by atoms with E-state index in [9.17, 15) is 10.1 Å². The number of anilines is 1. The number of benzene rings is 1. The summed E-state index contributed by atoms with van der Waals surface area (Å²) in [7, 11) is 0. The Morgan fingerprint density at radius 3 is 2.70 bits per heavy atom. The van der Waals surface area contributed by atoms with Crippen molar-refractivity contribution < 1.29 is 4.92 Å². The van der Waals surface area contributed by atoms with Gasteiger partial charge in [-0.05, 0) is 34.8 Å². The maximum atomic E-state index is 10.6. The minimum Gasteiger partial charge on any atom is -0.384 e. The number of rotatable bonds is 7. The molecule has 0 fully saturated rings. The van der Waals surface area contributed by atoms with Gasteiger partial charge in [0.1, 0.15) is 12.7 Å². The number of halogens is 1. The van der Waals surface area contributed by atoms with E-state index < -0.39 is 4.92 Å². The smallest absolute Gasteiger partial charge is 0.270 e. The third-order valence-electron chi connectivity index (χ3n) is 2.79. The molecule has 8 heteroatoms. The van der Waals surface area contributed by atoms with Crippen molar-refractivity contribution >= 4 is 27.3 Å². The minimum absolute atomic E-state index is 0.0787. The number of hydrogen-bond donors (Lipinski definition) is 1. The predicted molar refractivity (Wildman–Crippen MR) is 78.5 cm³/mol. The Balaban J connectivity index is 1.75. The Bertz CT molecular complexity index is 573. The van der Waals surface area contributed by atoms with E-state index in [1.807, 2.05) is 4.57 Å². The Morgan fingerprint density at radius 1 is 1.30 bits per heavy atom. The van der Waals surface area contributed by atoms with Gasteiger partial charge in [-0.1, -0.05) is 0 Å². The molecule has 1 aromatic heterocycles. The molecular formula is C12H14BrN5O2. The van der Waals surface area contributed by atoms with Crippen molar-refractivity contribution in [2.24, 2.45) is 0 Å². The van der Waals surface area contributed by atoms with E-state index in [1.54, 1.807) is 18.7 Å². The number of nitrogens with one attached hydrogen (secondary N) is 1. The summed E-state index contributed by atoms with van der Waals surface area (Å²) in [5.74, 6) is 0. The van der Waals surface area contributed by atoms with Crippen molar-refractivity contribution in [1.82, 2.24) is 14.8 Å². The maximum absolute atomic E-state index is 10.6. The van der Waals surface area contributed by atoms with Gasteiger partial charge in [-0.25, -0.2) is 0 Å². The zero-order chi connectivity index (χ0) is 14.4. The highest BCUT2D eigenvalue weighted by molar-refractivity contribution is 9.10. The van der Waals surface area contributed by atoms with Crippen LogP contribution in [-0.4, -0.2) is 26.2 Å². The fourth-order valence-electron chi connectivity index (χ4n) is 1.74. The molecule has 0 radical (unpaired) electrons. The molecule has 2 aromatic rings. The fourth-order valence-corrected chi connectivity index (χ4v) is 2.25. The largest absolute Gasteiger partial charge is 0.384 e. The second kappa shape index (κ2) is 6.99. The molecule has 0 saturated carbocycles. The first kappa shape index (κ1) is 14.4. The zero-order valence-electron chi connectivity index (χ0n) is 10.7. The van der Waals surface area contributed by atoms with Crippen LogP contribution < -0.4 is 5.32 Å². The molecule has 1 heterocycles. The average molecular weight is 340 g/mol. The van der Waals surface area contributed by atoms with Crippen LogP contribution in [0.3, 0.4) is 0 Å². The third kappa shape index (κ3) is 4.02. The highest BCUT2D eigenvalue weighted by Gasteiger charge is 2.08. The molecule has 0 aliphatic carbocycles. The number of aryl methyl sites for hydroxylation is 1. The van der Waals surface area contributed by atoms with Gasteiger partial charge in [0, 0.05) is 35.4 Å². The minimum atomic E-state index is -0.409. The number of hydrogen-bond acceptors (Lipinski definition) is 5. The van der Waals surface area contributed by atoms with E-state index >= 15 is 0 Å². The molecule has 0 spiro atoms. The van der Waals surface area contributed by atoms with Gasteiger partial charge >= 0.3 is 0 Å². The van der Waals surface area contributed by atoms with Gasteiger partial charge in [0.25, 0.3) is 5.69 Å². The first-order valence-electron chi connectivity index (χ1n) is 6.17. The Kier molecular flexibility index (Phi) is 5.05. The van der Waals surface area contributed by atoms with Gasteiger partial charge in [0.2, 0.25) is 0 Å². The van der Waals surface area contributed by atoms with E-state index in [2.05, 4.69) is 31.4 Å². The van der Waals surface area contributed by atoms with Gasteiger partial charge in [0.15, 0.2) is 0 Å². The predicted octanol–water partition coefficient (Wildman–Crippen LogP) is 2.84. The van der Waals surface area contributed by atoms with E-state index in [4.69, 9.17) is 0 Å². The molecule has 0 unspecified atom stereocenters. The lowest BCUT2D eigenvalue weighted by atomic mass is 10.2. The zero-order valence-corrected chi connectivity index (χ0v) is 12.3. The molecule has 1 N–H and O–H groups in total. The molecular weight excluding hydrogens is 326 g/mol. The van der Waals surface area contributed by atoms with Crippen molar-refractivity contribution in [2.45, 2.75) is 19.4 Å². The lowest BCUT2D eigenvalue weighted by Crippen LogP contribution is -2.04. The Hall–Kier alpha value is -1.96. The molecule has 0 aliphatic heterocycles. The van der Waals surface area contributed by atoms with Crippen molar-refractivity contribution in [3.8, 4) is 0 Å². The maximum Gasteiger partial charge on any atom is 0.270 e. The van der Waals surface area contributed by atoms with Crippen LogP contribution in [0, 0.1) is 10.1 Å². The molecule has 2 rings (SSSR count). The molecule has 106 valence electrons. The molecule has 1 aromatic carbocycles. The number of nitrogens with zero attached hydrogens (tertiary/aromatic N) is 4. The van der Waals surface area contributed by atoms with Crippen LogP contribution in [0.1, 0.15) is 12.8 Å². The standard InChI is InChI=1S/C12H14BrN5O2/c13-11-7-10(18(19)20)3-4-12(11)14-5-1-2-6-17-8-15-16-9-17/h3-4,7-9,14H,1-2,5-6H2. The summed E-state index contributed by atoms with van der Waals surface area (Å²) in [6.07, 6.45) is 5.39. The van der Waals surface area contributed by atoms with Gasteiger partial charge < -0.3 is 9.88 Å². The molecule has 0 aliphatic rings. The molecule has 0 saturated heterocycles. The monoisotopic (exact) mass is 339 g/mol. The Morgan fingerprint density at radius 2 is 2.05 bits per heavy atom. The summed E-state index contributed by atoms with van der Waals surface area (Å²) < 4.78 is 2.63. The number of nitro benzene ring substituents is 1. The SMILES string of the molecule is O=[N+]([O-])c1ccc(NCCCCn2cnnc2)c(Br)c1. The van der Waals surface area contributed by atoms with Crippen LogP contribution in [0.2, 0.25) is 0 Å².